The Morgan fingerprint density at radius 1 is 0.964 bits per heavy atom. The van der Waals surface area contributed by atoms with Crippen LogP contribution in [0.25, 0.3) is 0 Å². The largest absolute Gasteiger partial charge is 0.508 e. The minimum Gasteiger partial charge on any atom is -0.508 e. The Morgan fingerprint density at radius 2 is 1.64 bits per heavy atom. The minimum absolute atomic E-state index is 0.140. The lowest BCUT2D eigenvalue weighted by atomic mass is 10.0. The highest BCUT2D eigenvalue weighted by molar-refractivity contribution is 5.90. The quantitative estimate of drug-likeness (QED) is 0.154. The number of phenols is 1. The Hall–Kier alpha value is -1.59. The molecule has 160 valence electrons. The van der Waals surface area contributed by atoms with Gasteiger partial charge in [0, 0.05) is 6.61 Å². The van der Waals surface area contributed by atoms with Crippen LogP contribution in [0, 0.1) is 0 Å². The number of unbranched alkanes of at least 4 members (excludes halogenated alkanes) is 7. The van der Waals surface area contributed by atoms with E-state index in [1.807, 2.05) is 13.8 Å². The molecule has 0 spiro atoms. The first kappa shape index (κ1) is 24.4. The lowest BCUT2D eigenvalue weighted by Crippen LogP contribution is -2.20. The van der Waals surface area contributed by atoms with Gasteiger partial charge in [-0.2, -0.15) is 4.89 Å². The van der Waals surface area contributed by atoms with Gasteiger partial charge in [0.25, 0.3) is 0 Å². The van der Waals surface area contributed by atoms with Gasteiger partial charge in [-0.15, -0.1) is 0 Å². The highest BCUT2D eigenvalue weighted by atomic mass is 17.2. The van der Waals surface area contributed by atoms with Crippen LogP contribution in [-0.4, -0.2) is 24.0 Å². The van der Waals surface area contributed by atoms with Crippen LogP contribution in [0.5, 0.6) is 5.75 Å². The third-order valence-electron chi connectivity index (χ3n) is 4.69. The second-order valence-corrected chi connectivity index (χ2v) is 7.24. The summed E-state index contributed by atoms with van der Waals surface area (Å²) in [4.78, 5) is 22.5. The topological polar surface area (TPSA) is 65.0 Å². The summed E-state index contributed by atoms with van der Waals surface area (Å²) in [5.41, 5.74) is 1.17. The maximum atomic E-state index is 12.3. The second kappa shape index (κ2) is 15.3. The van der Waals surface area contributed by atoms with Crippen LogP contribution in [0.4, 0.5) is 0 Å². The van der Waals surface area contributed by atoms with E-state index in [0.717, 1.165) is 24.8 Å². The number of hydrogen-bond acceptors (Lipinski definition) is 5. The SMILES string of the molecule is CCCCCCCCCCOC(CC)OOC(=O)c1ccc(O)cc1CCC. The molecular formula is C23H38O5. The Balaban J connectivity index is 2.27. The van der Waals surface area contributed by atoms with Gasteiger partial charge in [0.2, 0.25) is 6.29 Å². The number of aromatic hydroxyl groups is 1. The molecular weight excluding hydrogens is 356 g/mol. The van der Waals surface area contributed by atoms with Gasteiger partial charge < -0.3 is 9.84 Å². The summed E-state index contributed by atoms with van der Waals surface area (Å²) in [6.07, 6.45) is 11.5. The van der Waals surface area contributed by atoms with Gasteiger partial charge in [0.1, 0.15) is 5.75 Å². The summed E-state index contributed by atoms with van der Waals surface area (Å²) in [5.74, 6) is -0.418. The fraction of sp³-hybridized carbons (Fsp3) is 0.696. The molecule has 0 aromatic heterocycles. The second-order valence-electron chi connectivity index (χ2n) is 7.24. The predicted octanol–water partition coefficient (Wildman–Crippen LogP) is 6.33. The van der Waals surface area contributed by atoms with E-state index < -0.39 is 12.3 Å². The number of carbonyl (C=O) groups is 1. The molecule has 0 bridgehead atoms. The van der Waals surface area contributed by atoms with Gasteiger partial charge in [0.15, 0.2) is 0 Å². The third kappa shape index (κ3) is 10.1. The van der Waals surface area contributed by atoms with Crippen LogP contribution in [0.3, 0.4) is 0 Å². The summed E-state index contributed by atoms with van der Waals surface area (Å²) in [6, 6.07) is 4.64. The van der Waals surface area contributed by atoms with E-state index in [1.54, 1.807) is 12.1 Å². The zero-order valence-electron chi connectivity index (χ0n) is 17.9. The Kier molecular flexibility index (Phi) is 13.4. The third-order valence-corrected chi connectivity index (χ3v) is 4.69. The summed E-state index contributed by atoms with van der Waals surface area (Å²) in [7, 11) is 0. The first-order valence-corrected chi connectivity index (χ1v) is 10.9. The van der Waals surface area contributed by atoms with Gasteiger partial charge in [-0.3, -0.25) is 4.89 Å². The number of ether oxygens (including phenoxy) is 1. The van der Waals surface area contributed by atoms with Crippen LogP contribution in [0.1, 0.15) is 101 Å². The smallest absolute Gasteiger partial charge is 0.373 e. The molecule has 1 unspecified atom stereocenters. The number of hydrogen-bond donors (Lipinski definition) is 1. The van der Waals surface area contributed by atoms with Crippen molar-refractivity contribution in [2.45, 2.75) is 97.7 Å². The van der Waals surface area contributed by atoms with E-state index in [9.17, 15) is 9.90 Å². The Labute approximate surface area is 170 Å². The molecule has 1 rings (SSSR count). The molecule has 5 heteroatoms. The molecule has 0 amide bonds. The summed E-state index contributed by atoms with van der Waals surface area (Å²) in [6.45, 7) is 6.78. The van der Waals surface area contributed by atoms with Crippen molar-refractivity contribution in [2.24, 2.45) is 0 Å². The monoisotopic (exact) mass is 394 g/mol. The number of carbonyl (C=O) groups excluding carboxylic acids is 1. The van der Waals surface area contributed by atoms with Gasteiger partial charge >= 0.3 is 5.97 Å². The highest BCUT2D eigenvalue weighted by Gasteiger charge is 2.17. The maximum absolute atomic E-state index is 12.3. The average molecular weight is 395 g/mol. The zero-order chi connectivity index (χ0) is 20.6. The minimum atomic E-state index is -0.558. The summed E-state index contributed by atoms with van der Waals surface area (Å²) in [5, 5.41) is 9.61. The Bertz CT molecular complexity index is 544. The molecule has 1 atom stereocenters. The maximum Gasteiger partial charge on any atom is 0.373 e. The fourth-order valence-corrected chi connectivity index (χ4v) is 3.06. The number of phenolic OH excluding ortho intramolecular Hbond substituents is 1. The lowest BCUT2D eigenvalue weighted by Gasteiger charge is -2.16. The first-order valence-electron chi connectivity index (χ1n) is 10.9. The van der Waals surface area contributed by atoms with E-state index in [4.69, 9.17) is 14.5 Å². The van der Waals surface area contributed by atoms with E-state index >= 15 is 0 Å². The molecule has 0 radical (unpaired) electrons. The standard InChI is InChI=1S/C23H38O5/c1-4-7-8-9-10-11-12-13-17-26-22(6-3)27-28-23(25)21-16-15-20(24)18-19(21)14-5-2/h15-16,18,22,24H,4-14,17H2,1-3H3. The molecule has 1 N–H and O–H groups in total. The molecule has 0 saturated heterocycles. The van der Waals surface area contributed by atoms with Crippen molar-refractivity contribution >= 4 is 5.97 Å². The van der Waals surface area contributed by atoms with Gasteiger partial charge in [-0.25, -0.2) is 4.79 Å². The van der Waals surface area contributed by atoms with Crippen LogP contribution in [0.2, 0.25) is 0 Å². The van der Waals surface area contributed by atoms with Crippen LogP contribution >= 0.6 is 0 Å². The molecule has 0 fully saturated rings. The number of aryl methyl sites for hydroxylation is 1. The molecule has 0 aliphatic rings. The average Bonchev–Trinajstić information content (AvgIpc) is 2.69. The van der Waals surface area contributed by atoms with Crippen LogP contribution in [0.15, 0.2) is 18.2 Å². The first-order chi connectivity index (χ1) is 13.6. The van der Waals surface area contributed by atoms with Gasteiger partial charge in [-0.1, -0.05) is 72.1 Å². The summed E-state index contributed by atoms with van der Waals surface area (Å²) < 4.78 is 5.68. The van der Waals surface area contributed by atoms with E-state index in [0.29, 0.717) is 25.0 Å². The van der Waals surface area contributed by atoms with Crippen molar-refractivity contribution in [3.05, 3.63) is 29.3 Å². The van der Waals surface area contributed by atoms with E-state index in [2.05, 4.69) is 6.92 Å². The number of benzene rings is 1. The normalized spacial score (nSPS) is 12.1. The molecule has 0 saturated carbocycles. The zero-order valence-corrected chi connectivity index (χ0v) is 17.9. The highest BCUT2D eigenvalue weighted by Crippen LogP contribution is 2.20. The fourth-order valence-electron chi connectivity index (χ4n) is 3.06. The predicted molar refractivity (Wildman–Crippen MR) is 111 cm³/mol. The molecule has 1 aromatic rings. The number of rotatable bonds is 16. The van der Waals surface area contributed by atoms with Crippen molar-refractivity contribution in [2.75, 3.05) is 6.61 Å². The van der Waals surface area contributed by atoms with Gasteiger partial charge in [0.05, 0.1) is 5.56 Å². The lowest BCUT2D eigenvalue weighted by molar-refractivity contribution is -0.339. The van der Waals surface area contributed by atoms with Crippen LogP contribution in [-0.2, 0) is 20.9 Å². The van der Waals surface area contributed by atoms with Crippen molar-refractivity contribution < 1.29 is 24.4 Å². The van der Waals surface area contributed by atoms with Crippen molar-refractivity contribution in [3.63, 3.8) is 0 Å². The summed E-state index contributed by atoms with van der Waals surface area (Å²) >= 11 is 0. The molecule has 5 nitrogen and oxygen atoms in total. The molecule has 1 aromatic carbocycles. The molecule has 28 heavy (non-hydrogen) atoms. The Morgan fingerprint density at radius 3 is 2.29 bits per heavy atom. The van der Waals surface area contributed by atoms with Gasteiger partial charge in [-0.05, 0) is 43.0 Å². The van der Waals surface area contributed by atoms with Crippen LogP contribution < -0.4 is 0 Å². The molecule has 0 aliphatic heterocycles. The van der Waals surface area contributed by atoms with E-state index in [1.165, 1.54) is 44.6 Å². The molecule has 0 heterocycles. The molecule has 0 aliphatic carbocycles. The van der Waals surface area contributed by atoms with Crippen molar-refractivity contribution in [1.29, 1.82) is 0 Å². The van der Waals surface area contributed by atoms with Crippen molar-refractivity contribution in [3.8, 4) is 5.75 Å². The van der Waals surface area contributed by atoms with Crippen molar-refractivity contribution in [1.82, 2.24) is 0 Å². The van der Waals surface area contributed by atoms with E-state index in [-0.39, 0.29) is 5.75 Å².